The fraction of sp³-hybridized carbons (Fsp3) is 0.333. The summed E-state index contributed by atoms with van der Waals surface area (Å²) >= 11 is 0. The molecule has 6 heteroatoms. The van der Waals surface area contributed by atoms with Crippen LogP contribution < -0.4 is 0 Å². The van der Waals surface area contributed by atoms with Crippen molar-refractivity contribution in [1.29, 1.82) is 0 Å². The van der Waals surface area contributed by atoms with Crippen molar-refractivity contribution in [2.24, 2.45) is 14.1 Å². The Bertz CT molecular complexity index is 755. The lowest BCUT2D eigenvalue weighted by molar-refractivity contribution is 0.381. The average Bonchev–Trinajstić information content (AvgIpc) is 2.83. The Labute approximate surface area is 121 Å². The van der Waals surface area contributed by atoms with E-state index >= 15 is 0 Å². The van der Waals surface area contributed by atoms with Gasteiger partial charge in [0.1, 0.15) is 0 Å². The van der Waals surface area contributed by atoms with E-state index in [2.05, 4.69) is 6.58 Å². The summed E-state index contributed by atoms with van der Waals surface area (Å²) in [5, 5.41) is 40.0. The van der Waals surface area contributed by atoms with E-state index in [4.69, 9.17) is 0 Å². The van der Waals surface area contributed by atoms with E-state index in [0.717, 1.165) is 0 Å². The van der Waals surface area contributed by atoms with Gasteiger partial charge in [0.2, 0.25) is 5.88 Å². The molecule has 2 heterocycles. The minimum atomic E-state index is -0.107. The highest BCUT2D eigenvalue weighted by Gasteiger charge is 2.33. The molecule has 0 radical (unpaired) electrons. The Hall–Kier alpha value is -2.50. The van der Waals surface area contributed by atoms with Crippen LogP contribution in [0, 0.1) is 0 Å². The molecule has 1 aliphatic rings. The first-order valence-corrected chi connectivity index (χ1v) is 6.68. The molecule has 0 aromatic carbocycles. The molecule has 6 nitrogen and oxygen atoms in total. The fourth-order valence-electron chi connectivity index (χ4n) is 3.12. The molecule has 0 saturated carbocycles. The molecule has 3 rings (SSSR count). The second kappa shape index (κ2) is 4.25. The van der Waals surface area contributed by atoms with Gasteiger partial charge in [-0.05, 0) is 24.3 Å². The van der Waals surface area contributed by atoms with Gasteiger partial charge in [0.05, 0.1) is 0 Å². The number of fused-ring (bicyclic) bond motifs is 1. The summed E-state index contributed by atoms with van der Waals surface area (Å²) in [5.74, 6) is -0.101. The van der Waals surface area contributed by atoms with E-state index < -0.39 is 0 Å². The van der Waals surface area contributed by atoms with Gasteiger partial charge < -0.3 is 20.4 Å². The van der Waals surface area contributed by atoms with Crippen LogP contribution in [0.4, 0.5) is 0 Å². The van der Waals surface area contributed by atoms with Gasteiger partial charge in [0.25, 0.3) is 0 Å². The molecule has 2 aromatic rings. The number of hydrogen-bond donors (Lipinski definition) is 4. The van der Waals surface area contributed by atoms with E-state index in [9.17, 15) is 20.4 Å². The van der Waals surface area contributed by atoms with Gasteiger partial charge in [-0.15, -0.1) is 0 Å². The zero-order chi connectivity index (χ0) is 15.5. The molecular formula is C15H18N2O4. The van der Waals surface area contributed by atoms with Gasteiger partial charge in [0.15, 0.2) is 17.6 Å². The highest BCUT2D eigenvalue weighted by atomic mass is 16.3. The van der Waals surface area contributed by atoms with Crippen LogP contribution in [0.3, 0.4) is 0 Å². The van der Waals surface area contributed by atoms with E-state index in [-0.39, 0.29) is 29.4 Å². The van der Waals surface area contributed by atoms with Crippen LogP contribution in [0.25, 0.3) is 5.57 Å². The maximum atomic E-state index is 10.1. The maximum absolute atomic E-state index is 10.1. The Morgan fingerprint density at radius 2 is 1.67 bits per heavy atom. The summed E-state index contributed by atoms with van der Waals surface area (Å²) in [6.45, 7) is 3.97. The number of allylic oxidation sites excluding steroid dienone is 1. The van der Waals surface area contributed by atoms with Crippen molar-refractivity contribution in [2.75, 3.05) is 0 Å². The number of nitrogens with zero attached hydrogens (tertiary/aromatic N) is 2. The third kappa shape index (κ3) is 1.72. The van der Waals surface area contributed by atoms with Gasteiger partial charge in [-0.1, -0.05) is 6.58 Å². The van der Waals surface area contributed by atoms with Crippen LogP contribution >= 0.6 is 0 Å². The second-order valence-corrected chi connectivity index (χ2v) is 5.61. The van der Waals surface area contributed by atoms with Gasteiger partial charge in [-0.25, -0.2) is 0 Å². The first-order valence-electron chi connectivity index (χ1n) is 6.68. The lowest BCUT2D eigenvalue weighted by Gasteiger charge is -2.23. The van der Waals surface area contributed by atoms with Crippen LogP contribution in [-0.4, -0.2) is 29.6 Å². The van der Waals surface area contributed by atoms with Gasteiger partial charge in [-0.2, -0.15) is 0 Å². The van der Waals surface area contributed by atoms with Gasteiger partial charge >= 0.3 is 0 Å². The van der Waals surface area contributed by atoms with Crippen LogP contribution in [0.2, 0.25) is 0 Å². The predicted molar refractivity (Wildman–Crippen MR) is 77.6 cm³/mol. The summed E-state index contributed by atoms with van der Waals surface area (Å²) < 4.78 is 2.62. The molecule has 1 atom stereocenters. The molecule has 2 aromatic heterocycles. The standard InChI is InChI=1S/C15H18N2O4/c1-7-4-8(9-6-11(18)16(2)13(9)19)5-10-12(7)15(21)17(3)14(10)20/h6,8,18-21H,1,4-5H2,2-3H3. The quantitative estimate of drug-likeness (QED) is 0.646. The summed E-state index contributed by atoms with van der Waals surface area (Å²) in [4.78, 5) is 0. The van der Waals surface area contributed by atoms with Crippen molar-refractivity contribution in [3.05, 3.63) is 29.3 Å². The third-order valence-electron chi connectivity index (χ3n) is 4.37. The van der Waals surface area contributed by atoms with E-state index in [1.54, 1.807) is 14.1 Å². The normalized spacial score (nSPS) is 18.0. The minimum Gasteiger partial charge on any atom is -0.494 e. The molecule has 0 bridgehead atoms. The monoisotopic (exact) mass is 290 g/mol. The summed E-state index contributed by atoms with van der Waals surface area (Å²) in [7, 11) is 3.15. The molecule has 4 N–H and O–H groups in total. The Balaban J connectivity index is 2.08. The smallest absolute Gasteiger partial charge is 0.201 e. The van der Waals surface area contributed by atoms with E-state index in [1.807, 2.05) is 0 Å². The second-order valence-electron chi connectivity index (χ2n) is 5.61. The average molecular weight is 290 g/mol. The highest BCUT2D eigenvalue weighted by molar-refractivity contribution is 5.76. The van der Waals surface area contributed by atoms with Crippen molar-refractivity contribution in [1.82, 2.24) is 9.13 Å². The molecule has 0 spiro atoms. The maximum Gasteiger partial charge on any atom is 0.201 e. The Morgan fingerprint density at radius 1 is 1.00 bits per heavy atom. The van der Waals surface area contributed by atoms with Crippen molar-refractivity contribution in [3.8, 4) is 23.5 Å². The Kier molecular flexibility index (Phi) is 2.73. The molecule has 0 amide bonds. The van der Waals surface area contributed by atoms with E-state index in [0.29, 0.717) is 35.1 Å². The SMILES string of the molecule is C=C1CC(c2cc(O)n(C)c2O)Cc2c1c(O)n(C)c2O. The van der Waals surface area contributed by atoms with Crippen molar-refractivity contribution < 1.29 is 20.4 Å². The summed E-state index contributed by atoms with van der Waals surface area (Å²) in [5.41, 5.74) is 2.53. The molecule has 0 saturated heterocycles. The number of aromatic hydroxyl groups is 4. The molecule has 0 fully saturated rings. The highest BCUT2D eigenvalue weighted by Crippen LogP contribution is 2.49. The zero-order valence-electron chi connectivity index (χ0n) is 12.0. The fourth-order valence-corrected chi connectivity index (χ4v) is 3.12. The first-order chi connectivity index (χ1) is 9.82. The predicted octanol–water partition coefficient (Wildman–Crippen LogP) is 1.93. The molecule has 112 valence electrons. The largest absolute Gasteiger partial charge is 0.494 e. The van der Waals surface area contributed by atoms with Gasteiger partial charge in [0, 0.05) is 36.9 Å². The van der Waals surface area contributed by atoms with Crippen molar-refractivity contribution in [3.63, 3.8) is 0 Å². The number of rotatable bonds is 1. The van der Waals surface area contributed by atoms with Crippen LogP contribution in [0.15, 0.2) is 12.6 Å². The zero-order valence-corrected chi connectivity index (χ0v) is 12.0. The van der Waals surface area contributed by atoms with Crippen LogP contribution in [0.5, 0.6) is 23.5 Å². The minimum absolute atomic E-state index is 0.00563. The molecular weight excluding hydrogens is 272 g/mol. The first kappa shape index (κ1) is 13.5. The Morgan fingerprint density at radius 3 is 2.24 bits per heavy atom. The number of hydrogen-bond acceptors (Lipinski definition) is 4. The topological polar surface area (TPSA) is 90.8 Å². The molecule has 21 heavy (non-hydrogen) atoms. The summed E-state index contributed by atoms with van der Waals surface area (Å²) in [6, 6.07) is 1.53. The molecule has 0 aliphatic heterocycles. The lowest BCUT2D eigenvalue weighted by Crippen LogP contribution is -2.10. The molecule has 1 unspecified atom stereocenters. The number of aromatic nitrogens is 2. The summed E-state index contributed by atoms with van der Waals surface area (Å²) in [6.07, 6.45) is 1.01. The van der Waals surface area contributed by atoms with Crippen molar-refractivity contribution >= 4 is 5.57 Å². The third-order valence-corrected chi connectivity index (χ3v) is 4.37. The molecule has 1 aliphatic carbocycles. The van der Waals surface area contributed by atoms with Crippen molar-refractivity contribution in [2.45, 2.75) is 18.8 Å². The van der Waals surface area contributed by atoms with Gasteiger partial charge in [-0.3, -0.25) is 9.13 Å². The van der Waals surface area contributed by atoms with Crippen LogP contribution in [0.1, 0.15) is 29.0 Å². The van der Waals surface area contributed by atoms with E-state index in [1.165, 1.54) is 15.2 Å². The lowest BCUT2D eigenvalue weighted by atomic mass is 9.80. The van der Waals surface area contributed by atoms with Crippen LogP contribution in [-0.2, 0) is 20.5 Å².